The van der Waals surface area contributed by atoms with Gasteiger partial charge in [0.25, 0.3) is 0 Å². The molecule has 0 atom stereocenters. The number of hydrogen-bond acceptors (Lipinski definition) is 2. The van der Waals surface area contributed by atoms with E-state index in [0.29, 0.717) is 6.04 Å². The molecule has 1 rings (SSSR count). The van der Waals surface area contributed by atoms with E-state index in [2.05, 4.69) is 10.6 Å². The summed E-state index contributed by atoms with van der Waals surface area (Å²) in [6, 6.07) is 0.660. The van der Waals surface area contributed by atoms with Crippen LogP contribution >= 0.6 is 0 Å². The molecule has 19 heavy (non-hydrogen) atoms. The molecule has 0 aromatic heterocycles. The van der Waals surface area contributed by atoms with Crippen LogP contribution in [0.2, 0.25) is 0 Å². The summed E-state index contributed by atoms with van der Waals surface area (Å²) in [7, 11) is 0. The van der Waals surface area contributed by atoms with Gasteiger partial charge >= 0.3 is 0 Å². The molecule has 0 heterocycles. The Hall–Kier alpha value is -0.570. The number of amides is 1. The van der Waals surface area contributed by atoms with Crippen molar-refractivity contribution in [2.75, 3.05) is 13.1 Å². The predicted molar refractivity (Wildman–Crippen MR) is 81.3 cm³/mol. The van der Waals surface area contributed by atoms with Crippen LogP contribution in [-0.4, -0.2) is 25.0 Å². The molecule has 0 spiro atoms. The summed E-state index contributed by atoms with van der Waals surface area (Å²) in [5.74, 6) is 0.0699. The fourth-order valence-corrected chi connectivity index (χ4v) is 2.88. The zero-order valence-corrected chi connectivity index (χ0v) is 12.7. The van der Waals surface area contributed by atoms with E-state index >= 15 is 0 Å². The van der Waals surface area contributed by atoms with Gasteiger partial charge in [-0.1, -0.05) is 57.8 Å². The monoisotopic (exact) mass is 268 g/mol. The number of nitrogens with one attached hydrogen (secondary N) is 2. The minimum atomic E-state index is 0.0699. The third-order valence-corrected chi connectivity index (χ3v) is 4.04. The highest BCUT2D eigenvalue weighted by Gasteiger charge is 2.08. The van der Waals surface area contributed by atoms with Gasteiger partial charge in [-0.3, -0.25) is 4.79 Å². The van der Waals surface area contributed by atoms with E-state index in [0.717, 1.165) is 13.1 Å². The molecule has 0 bridgehead atoms. The fraction of sp³-hybridized carbons (Fsp3) is 0.938. The van der Waals surface area contributed by atoms with Gasteiger partial charge in [-0.25, -0.2) is 0 Å². The summed E-state index contributed by atoms with van der Waals surface area (Å²) in [4.78, 5) is 10.8. The average Bonchev–Trinajstić information content (AvgIpc) is 2.36. The van der Waals surface area contributed by atoms with Crippen molar-refractivity contribution in [2.45, 2.75) is 83.6 Å². The van der Waals surface area contributed by atoms with Crippen molar-refractivity contribution in [3.05, 3.63) is 0 Å². The Labute approximate surface area is 118 Å². The van der Waals surface area contributed by atoms with Gasteiger partial charge in [0.05, 0.1) is 0 Å². The van der Waals surface area contributed by atoms with Gasteiger partial charge in [0.1, 0.15) is 0 Å². The van der Waals surface area contributed by atoms with Crippen LogP contribution in [0.4, 0.5) is 0 Å². The first-order chi connectivity index (χ1) is 9.29. The average molecular weight is 268 g/mol. The number of carbonyl (C=O) groups is 1. The van der Waals surface area contributed by atoms with Crippen LogP contribution in [0.1, 0.15) is 77.6 Å². The maximum atomic E-state index is 10.8. The molecule has 1 aliphatic rings. The van der Waals surface area contributed by atoms with Crippen LogP contribution in [0.5, 0.6) is 0 Å². The predicted octanol–water partition coefficient (Wildman–Crippen LogP) is 3.39. The topological polar surface area (TPSA) is 41.1 Å². The van der Waals surface area contributed by atoms with Crippen LogP contribution in [0.25, 0.3) is 0 Å². The Morgan fingerprint density at radius 3 is 1.79 bits per heavy atom. The van der Waals surface area contributed by atoms with Crippen molar-refractivity contribution in [3.8, 4) is 0 Å². The lowest BCUT2D eigenvalue weighted by atomic mass is 9.98. The molecular weight excluding hydrogens is 236 g/mol. The van der Waals surface area contributed by atoms with E-state index in [1.54, 1.807) is 6.92 Å². The molecule has 0 aromatic rings. The fourth-order valence-electron chi connectivity index (χ4n) is 2.88. The zero-order valence-electron chi connectivity index (χ0n) is 12.7. The lowest BCUT2D eigenvalue weighted by Crippen LogP contribution is -2.36. The summed E-state index contributed by atoms with van der Waals surface area (Å²) in [5.41, 5.74) is 0. The highest BCUT2D eigenvalue weighted by atomic mass is 16.1. The van der Waals surface area contributed by atoms with Crippen LogP contribution in [0, 0.1) is 0 Å². The Kier molecular flexibility index (Phi) is 9.78. The molecule has 2 N–H and O–H groups in total. The summed E-state index contributed by atoms with van der Waals surface area (Å²) >= 11 is 0. The van der Waals surface area contributed by atoms with E-state index in [9.17, 15) is 4.79 Å². The molecule has 0 radical (unpaired) electrons. The van der Waals surface area contributed by atoms with Gasteiger partial charge in [0.15, 0.2) is 0 Å². The molecule has 0 saturated heterocycles. The van der Waals surface area contributed by atoms with Gasteiger partial charge in [-0.15, -0.1) is 0 Å². The highest BCUT2D eigenvalue weighted by Crippen LogP contribution is 2.16. The molecule has 1 fully saturated rings. The molecule has 1 amide bonds. The molecule has 1 aliphatic carbocycles. The molecule has 0 aliphatic heterocycles. The van der Waals surface area contributed by atoms with Gasteiger partial charge in [0.2, 0.25) is 5.91 Å². The van der Waals surface area contributed by atoms with Crippen LogP contribution in [0.15, 0.2) is 0 Å². The summed E-state index contributed by atoms with van der Waals surface area (Å²) in [6.45, 7) is 3.24. The Balaban J connectivity index is 2.16. The van der Waals surface area contributed by atoms with Crippen molar-refractivity contribution in [1.29, 1.82) is 0 Å². The van der Waals surface area contributed by atoms with Gasteiger partial charge in [-0.2, -0.15) is 0 Å². The number of carbonyl (C=O) groups excluding carboxylic acids is 1. The van der Waals surface area contributed by atoms with Crippen molar-refractivity contribution in [1.82, 2.24) is 10.6 Å². The minimum absolute atomic E-state index is 0.0699. The smallest absolute Gasteiger partial charge is 0.216 e. The van der Waals surface area contributed by atoms with E-state index in [1.807, 2.05) is 0 Å². The highest BCUT2D eigenvalue weighted by molar-refractivity contribution is 5.72. The van der Waals surface area contributed by atoms with Gasteiger partial charge in [-0.05, 0) is 12.8 Å². The first-order valence-corrected chi connectivity index (χ1v) is 8.27. The van der Waals surface area contributed by atoms with Crippen molar-refractivity contribution in [2.24, 2.45) is 0 Å². The largest absolute Gasteiger partial charge is 0.355 e. The lowest BCUT2D eigenvalue weighted by molar-refractivity contribution is -0.118. The van der Waals surface area contributed by atoms with Crippen molar-refractivity contribution in [3.63, 3.8) is 0 Å². The molecule has 1 saturated carbocycles. The molecule has 0 aromatic carbocycles. The summed E-state index contributed by atoms with van der Waals surface area (Å²) < 4.78 is 0. The SMILES string of the molecule is CC(=O)NCCNC1CCCCCCCCCCC1. The third kappa shape index (κ3) is 9.94. The Morgan fingerprint density at radius 2 is 1.32 bits per heavy atom. The second-order valence-corrected chi connectivity index (χ2v) is 5.89. The third-order valence-electron chi connectivity index (χ3n) is 4.04. The van der Waals surface area contributed by atoms with Gasteiger partial charge < -0.3 is 10.6 Å². The van der Waals surface area contributed by atoms with E-state index in [1.165, 1.54) is 70.6 Å². The van der Waals surface area contributed by atoms with E-state index in [4.69, 9.17) is 0 Å². The second kappa shape index (κ2) is 11.3. The Bertz CT molecular complexity index is 219. The summed E-state index contributed by atoms with van der Waals surface area (Å²) in [5, 5.41) is 6.47. The summed E-state index contributed by atoms with van der Waals surface area (Å²) in [6.07, 6.45) is 15.3. The van der Waals surface area contributed by atoms with Crippen LogP contribution in [0.3, 0.4) is 0 Å². The molecule has 112 valence electrons. The molecule has 3 nitrogen and oxygen atoms in total. The molecule has 0 unspecified atom stereocenters. The standard InChI is InChI=1S/C16H32N2O/c1-15(19)17-13-14-18-16-11-9-7-5-3-2-4-6-8-10-12-16/h16,18H,2-14H2,1H3,(H,17,19). The van der Waals surface area contributed by atoms with Crippen molar-refractivity contribution < 1.29 is 4.79 Å². The molecular formula is C16H32N2O. The van der Waals surface area contributed by atoms with Crippen LogP contribution < -0.4 is 10.6 Å². The zero-order chi connectivity index (χ0) is 13.8. The first-order valence-electron chi connectivity index (χ1n) is 8.27. The minimum Gasteiger partial charge on any atom is -0.355 e. The lowest BCUT2D eigenvalue weighted by Gasteiger charge is -2.19. The Morgan fingerprint density at radius 1 is 0.842 bits per heavy atom. The number of rotatable bonds is 4. The van der Waals surface area contributed by atoms with E-state index < -0.39 is 0 Å². The second-order valence-electron chi connectivity index (χ2n) is 5.89. The van der Waals surface area contributed by atoms with Crippen LogP contribution in [-0.2, 0) is 4.79 Å². The first kappa shape index (κ1) is 16.5. The number of hydrogen-bond donors (Lipinski definition) is 2. The molecule has 3 heteroatoms. The maximum absolute atomic E-state index is 10.8. The van der Waals surface area contributed by atoms with Crippen molar-refractivity contribution >= 4 is 5.91 Å². The quantitative estimate of drug-likeness (QED) is 0.767. The van der Waals surface area contributed by atoms with E-state index in [-0.39, 0.29) is 5.91 Å². The van der Waals surface area contributed by atoms with Gasteiger partial charge in [0, 0.05) is 26.1 Å². The normalized spacial score (nSPS) is 20.3. The maximum Gasteiger partial charge on any atom is 0.216 e.